The van der Waals surface area contributed by atoms with E-state index in [9.17, 15) is 14.4 Å². The molecule has 1 heterocycles. The SMILES string of the molecule is O=C(NC1CCC(C(=O)NC2CC2)CC1)c1ccc(-c2ccccc2)[nH]c1=O. The average Bonchev–Trinajstić information content (AvgIpc) is 3.53. The molecule has 0 spiro atoms. The lowest BCUT2D eigenvalue weighted by Crippen LogP contribution is -2.42. The minimum absolute atomic E-state index is 0.00525. The molecule has 3 N–H and O–H groups in total. The molecule has 2 fully saturated rings. The van der Waals surface area contributed by atoms with Crippen molar-refractivity contribution in [3.05, 3.63) is 58.4 Å². The van der Waals surface area contributed by atoms with E-state index in [4.69, 9.17) is 0 Å². The molecule has 1 aromatic carbocycles. The number of aromatic amines is 1. The maximum Gasteiger partial charge on any atom is 0.261 e. The fourth-order valence-electron chi connectivity index (χ4n) is 3.75. The van der Waals surface area contributed by atoms with Crippen LogP contribution in [0.4, 0.5) is 0 Å². The van der Waals surface area contributed by atoms with Gasteiger partial charge in [-0.05, 0) is 56.2 Å². The summed E-state index contributed by atoms with van der Waals surface area (Å²) in [5, 5.41) is 6.02. The summed E-state index contributed by atoms with van der Waals surface area (Å²) in [6.07, 6.45) is 5.24. The summed E-state index contributed by atoms with van der Waals surface area (Å²) in [6, 6.07) is 13.2. The predicted octanol–water partition coefficient (Wildman–Crippen LogP) is 2.61. The lowest BCUT2D eigenvalue weighted by molar-refractivity contribution is -0.126. The smallest absolute Gasteiger partial charge is 0.261 e. The molecule has 2 amide bonds. The topological polar surface area (TPSA) is 91.1 Å². The minimum atomic E-state index is -0.392. The molecular weight excluding hydrogens is 354 g/mol. The van der Waals surface area contributed by atoms with Crippen LogP contribution in [0.5, 0.6) is 0 Å². The van der Waals surface area contributed by atoms with Gasteiger partial charge < -0.3 is 15.6 Å². The first-order valence-electron chi connectivity index (χ1n) is 10.00. The third-order valence-corrected chi connectivity index (χ3v) is 5.60. The van der Waals surface area contributed by atoms with E-state index in [0.29, 0.717) is 11.7 Å². The van der Waals surface area contributed by atoms with Crippen molar-refractivity contribution in [1.82, 2.24) is 15.6 Å². The second-order valence-electron chi connectivity index (χ2n) is 7.79. The molecule has 2 aliphatic carbocycles. The summed E-state index contributed by atoms with van der Waals surface area (Å²) in [6.45, 7) is 0. The van der Waals surface area contributed by atoms with Gasteiger partial charge in [-0.3, -0.25) is 14.4 Å². The van der Waals surface area contributed by atoms with Crippen molar-refractivity contribution in [3.8, 4) is 11.3 Å². The average molecular weight is 379 g/mol. The van der Waals surface area contributed by atoms with E-state index in [1.807, 2.05) is 30.3 Å². The number of amides is 2. The molecule has 0 aliphatic heterocycles. The zero-order valence-electron chi connectivity index (χ0n) is 15.7. The van der Waals surface area contributed by atoms with Gasteiger partial charge >= 0.3 is 0 Å². The number of carbonyl (C=O) groups excluding carboxylic acids is 2. The monoisotopic (exact) mass is 379 g/mol. The van der Waals surface area contributed by atoms with Gasteiger partial charge in [-0.15, -0.1) is 0 Å². The van der Waals surface area contributed by atoms with Crippen LogP contribution >= 0.6 is 0 Å². The van der Waals surface area contributed by atoms with Gasteiger partial charge in [0.2, 0.25) is 5.91 Å². The first kappa shape index (κ1) is 18.5. The number of pyridine rings is 1. The number of hydrogen-bond acceptors (Lipinski definition) is 3. The van der Waals surface area contributed by atoms with Crippen molar-refractivity contribution in [2.24, 2.45) is 5.92 Å². The van der Waals surface area contributed by atoms with Crippen molar-refractivity contribution in [2.75, 3.05) is 0 Å². The Morgan fingerprint density at radius 1 is 0.821 bits per heavy atom. The Labute approximate surface area is 163 Å². The second kappa shape index (κ2) is 8.00. The van der Waals surface area contributed by atoms with Crippen LogP contribution in [0.2, 0.25) is 0 Å². The number of nitrogens with one attached hydrogen (secondary N) is 3. The summed E-state index contributed by atoms with van der Waals surface area (Å²) in [5.41, 5.74) is 1.31. The van der Waals surface area contributed by atoms with Gasteiger partial charge in [0.15, 0.2) is 0 Å². The largest absolute Gasteiger partial charge is 0.353 e. The molecule has 146 valence electrons. The van der Waals surface area contributed by atoms with Gasteiger partial charge in [0.25, 0.3) is 11.5 Å². The fourth-order valence-corrected chi connectivity index (χ4v) is 3.75. The molecule has 0 atom stereocenters. The van der Waals surface area contributed by atoms with Crippen molar-refractivity contribution in [1.29, 1.82) is 0 Å². The standard InChI is InChI=1S/C22H25N3O3/c26-20(23-17-10-11-17)15-6-8-16(9-7-15)24-21(27)18-12-13-19(25-22(18)28)14-4-2-1-3-5-14/h1-5,12-13,15-17H,6-11H2,(H,23,26)(H,24,27)(H,25,28). The molecule has 0 unspecified atom stereocenters. The van der Waals surface area contributed by atoms with Crippen molar-refractivity contribution >= 4 is 11.8 Å². The highest BCUT2D eigenvalue weighted by Gasteiger charge is 2.31. The van der Waals surface area contributed by atoms with E-state index in [1.54, 1.807) is 12.1 Å². The van der Waals surface area contributed by atoms with E-state index >= 15 is 0 Å². The number of aromatic nitrogens is 1. The molecule has 2 aliphatic rings. The first-order valence-corrected chi connectivity index (χ1v) is 10.00. The Bertz CT molecular complexity index is 910. The van der Waals surface area contributed by atoms with Crippen LogP contribution in [0.1, 0.15) is 48.9 Å². The van der Waals surface area contributed by atoms with Crippen LogP contribution in [-0.2, 0) is 4.79 Å². The van der Waals surface area contributed by atoms with Gasteiger partial charge in [-0.25, -0.2) is 0 Å². The van der Waals surface area contributed by atoms with E-state index in [-0.39, 0.29) is 29.3 Å². The highest BCUT2D eigenvalue weighted by molar-refractivity contribution is 5.94. The highest BCUT2D eigenvalue weighted by atomic mass is 16.2. The Morgan fingerprint density at radius 2 is 1.46 bits per heavy atom. The summed E-state index contributed by atoms with van der Waals surface area (Å²) in [7, 11) is 0. The summed E-state index contributed by atoms with van der Waals surface area (Å²) in [5.74, 6) is -0.158. The van der Waals surface area contributed by atoms with Gasteiger partial charge in [0.05, 0.1) is 0 Å². The zero-order valence-corrected chi connectivity index (χ0v) is 15.7. The van der Waals surface area contributed by atoms with Crippen LogP contribution in [-0.4, -0.2) is 28.9 Å². The Balaban J connectivity index is 1.34. The number of H-pyrrole nitrogens is 1. The lowest BCUT2D eigenvalue weighted by Gasteiger charge is -2.28. The number of rotatable bonds is 5. The third-order valence-electron chi connectivity index (χ3n) is 5.60. The Kier molecular flexibility index (Phi) is 5.28. The predicted molar refractivity (Wildman–Crippen MR) is 107 cm³/mol. The van der Waals surface area contributed by atoms with Crippen LogP contribution in [0, 0.1) is 5.92 Å². The maximum absolute atomic E-state index is 12.5. The minimum Gasteiger partial charge on any atom is -0.353 e. The van der Waals surface area contributed by atoms with Gasteiger partial charge in [0.1, 0.15) is 5.56 Å². The molecule has 2 aromatic rings. The fraction of sp³-hybridized carbons (Fsp3) is 0.409. The molecule has 0 bridgehead atoms. The van der Waals surface area contributed by atoms with Crippen LogP contribution < -0.4 is 16.2 Å². The molecule has 4 rings (SSSR count). The molecule has 28 heavy (non-hydrogen) atoms. The maximum atomic E-state index is 12.5. The molecular formula is C22H25N3O3. The highest BCUT2D eigenvalue weighted by Crippen LogP contribution is 2.27. The molecule has 6 heteroatoms. The van der Waals surface area contributed by atoms with E-state index in [1.165, 1.54) is 0 Å². The van der Waals surface area contributed by atoms with Gasteiger partial charge in [-0.1, -0.05) is 30.3 Å². The van der Waals surface area contributed by atoms with Crippen LogP contribution in [0.25, 0.3) is 11.3 Å². The Morgan fingerprint density at radius 3 is 2.11 bits per heavy atom. The summed E-state index contributed by atoms with van der Waals surface area (Å²) >= 11 is 0. The quantitative estimate of drug-likeness (QED) is 0.746. The summed E-state index contributed by atoms with van der Waals surface area (Å²) in [4.78, 5) is 39.9. The number of hydrogen-bond donors (Lipinski definition) is 3. The lowest BCUT2D eigenvalue weighted by atomic mass is 9.85. The zero-order chi connectivity index (χ0) is 19.5. The van der Waals surface area contributed by atoms with E-state index in [0.717, 1.165) is 44.1 Å². The van der Waals surface area contributed by atoms with Gasteiger partial charge in [-0.2, -0.15) is 0 Å². The summed E-state index contributed by atoms with van der Waals surface area (Å²) < 4.78 is 0. The third kappa shape index (κ3) is 4.32. The number of benzene rings is 1. The van der Waals surface area contributed by atoms with E-state index in [2.05, 4.69) is 15.6 Å². The number of carbonyl (C=O) groups is 2. The normalized spacial score (nSPS) is 21.7. The molecule has 0 radical (unpaired) electrons. The first-order chi connectivity index (χ1) is 13.6. The van der Waals surface area contributed by atoms with Crippen molar-refractivity contribution in [3.63, 3.8) is 0 Å². The van der Waals surface area contributed by atoms with Crippen LogP contribution in [0.15, 0.2) is 47.3 Å². The molecule has 6 nitrogen and oxygen atoms in total. The molecule has 1 aromatic heterocycles. The van der Waals surface area contributed by atoms with Crippen molar-refractivity contribution in [2.45, 2.75) is 50.6 Å². The molecule has 2 saturated carbocycles. The van der Waals surface area contributed by atoms with E-state index < -0.39 is 5.56 Å². The van der Waals surface area contributed by atoms with Gasteiger partial charge in [0, 0.05) is 23.7 Å². The molecule has 0 saturated heterocycles. The van der Waals surface area contributed by atoms with Crippen molar-refractivity contribution < 1.29 is 9.59 Å². The Hall–Kier alpha value is -2.89. The van der Waals surface area contributed by atoms with Crippen LogP contribution in [0.3, 0.4) is 0 Å². The second-order valence-corrected chi connectivity index (χ2v) is 7.79.